The van der Waals surface area contributed by atoms with Crippen LogP contribution in [-0.4, -0.2) is 18.4 Å². The van der Waals surface area contributed by atoms with E-state index >= 15 is 0 Å². The Labute approximate surface area is 194 Å². The Balaban J connectivity index is 1.46. The van der Waals surface area contributed by atoms with Crippen LogP contribution in [0.15, 0.2) is 84.9 Å². The Morgan fingerprint density at radius 1 is 0.879 bits per heavy atom. The quantitative estimate of drug-likeness (QED) is 0.471. The third-order valence-corrected chi connectivity index (χ3v) is 5.01. The van der Waals surface area contributed by atoms with Gasteiger partial charge in [0.1, 0.15) is 12.4 Å². The van der Waals surface area contributed by atoms with Crippen LogP contribution in [0.4, 0.5) is 5.69 Å². The average molecular weight is 442 g/mol. The van der Waals surface area contributed by atoms with E-state index in [1.54, 1.807) is 4.90 Å². The van der Waals surface area contributed by atoms with Crippen LogP contribution in [0.1, 0.15) is 30.4 Å². The molecule has 0 fully saturated rings. The lowest BCUT2D eigenvalue weighted by Gasteiger charge is -2.21. The second-order valence-electron chi connectivity index (χ2n) is 7.49. The molecule has 168 valence electrons. The van der Waals surface area contributed by atoms with Gasteiger partial charge in [-0.25, -0.2) is 0 Å². The Hall–Kier alpha value is -4.11. The number of hydrogen-bond acceptors (Lipinski definition) is 4. The van der Waals surface area contributed by atoms with E-state index in [1.807, 2.05) is 84.9 Å². The van der Waals surface area contributed by atoms with Crippen LogP contribution in [0.3, 0.4) is 0 Å². The summed E-state index contributed by atoms with van der Waals surface area (Å²) in [4.78, 5) is 26.6. The lowest BCUT2D eigenvalue weighted by molar-refractivity contribution is -0.125. The highest BCUT2D eigenvalue weighted by Crippen LogP contribution is 2.16. The summed E-state index contributed by atoms with van der Waals surface area (Å²) in [6.07, 6.45) is 0.403. The number of nitrogens with one attached hydrogen (secondary N) is 1. The largest absolute Gasteiger partial charge is 0.489 e. The molecule has 0 atom stereocenters. The van der Waals surface area contributed by atoms with Gasteiger partial charge in [-0.1, -0.05) is 60.7 Å². The minimum absolute atomic E-state index is 0.0805. The highest BCUT2D eigenvalue weighted by Gasteiger charge is 2.16. The molecule has 2 amide bonds. The molecule has 0 aromatic heterocycles. The van der Waals surface area contributed by atoms with Gasteiger partial charge in [-0.3, -0.25) is 9.59 Å². The van der Waals surface area contributed by atoms with Crippen LogP contribution in [0.5, 0.6) is 5.75 Å². The lowest BCUT2D eigenvalue weighted by atomic mass is 10.1. The van der Waals surface area contributed by atoms with E-state index in [-0.39, 0.29) is 31.1 Å². The van der Waals surface area contributed by atoms with Gasteiger partial charge in [0, 0.05) is 31.6 Å². The fourth-order valence-corrected chi connectivity index (χ4v) is 3.32. The van der Waals surface area contributed by atoms with Gasteiger partial charge < -0.3 is 15.0 Å². The predicted molar refractivity (Wildman–Crippen MR) is 127 cm³/mol. The predicted octanol–water partition coefficient (Wildman–Crippen LogP) is 4.61. The van der Waals surface area contributed by atoms with Crippen molar-refractivity contribution < 1.29 is 14.3 Å². The number of carbonyl (C=O) groups is 2. The molecule has 6 nitrogen and oxygen atoms in total. The zero-order valence-corrected chi connectivity index (χ0v) is 18.4. The van der Waals surface area contributed by atoms with Gasteiger partial charge in [-0.15, -0.1) is 0 Å². The standard InChI is InChI=1S/C27H27N3O3/c28-17-8-18-30(24-11-3-1-4-12-24)27(32)16-15-26(31)29-20-22-9-7-10-23(19-22)21-33-25-13-5-2-6-14-25/h1-7,9-14,19H,8,15-16,18,20-21H2,(H,29,31). The molecular formula is C27H27N3O3. The van der Waals surface area contributed by atoms with E-state index in [4.69, 9.17) is 10.00 Å². The zero-order valence-electron chi connectivity index (χ0n) is 18.4. The second kappa shape index (κ2) is 12.7. The second-order valence-corrected chi connectivity index (χ2v) is 7.49. The lowest BCUT2D eigenvalue weighted by Crippen LogP contribution is -2.33. The number of para-hydroxylation sites is 2. The summed E-state index contributed by atoms with van der Waals surface area (Å²) >= 11 is 0. The molecule has 0 aliphatic heterocycles. The van der Waals surface area contributed by atoms with E-state index in [2.05, 4.69) is 11.4 Å². The first-order valence-corrected chi connectivity index (χ1v) is 10.9. The van der Waals surface area contributed by atoms with Crippen molar-refractivity contribution in [2.24, 2.45) is 0 Å². The molecule has 0 radical (unpaired) electrons. The number of carbonyl (C=O) groups excluding carboxylic acids is 2. The van der Waals surface area contributed by atoms with Crippen LogP contribution in [0.2, 0.25) is 0 Å². The molecule has 0 saturated heterocycles. The van der Waals surface area contributed by atoms with Crippen molar-refractivity contribution in [3.05, 3.63) is 96.1 Å². The van der Waals surface area contributed by atoms with Gasteiger partial charge in [-0.2, -0.15) is 5.26 Å². The first-order chi connectivity index (χ1) is 16.2. The molecule has 0 saturated carbocycles. The molecule has 0 unspecified atom stereocenters. The minimum atomic E-state index is -0.192. The van der Waals surface area contributed by atoms with E-state index in [1.165, 1.54) is 0 Å². The van der Waals surface area contributed by atoms with Gasteiger partial charge >= 0.3 is 0 Å². The van der Waals surface area contributed by atoms with Crippen LogP contribution in [0.25, 0.3) is 0 Å². The minimum Gasteiger partial charge on any atom is -0.489 e. The Morgan fingerprint density at radius 3 is 2.30 bits per heavy atom. The molecule has 0 bridgehead atoms. The zero-order chi connectivity index (χ0) is 23.3. The topological polar surface area (TPSA) is 82.4 Å². The molecule has 0 spiro atoms. The van der Waals surface area contributed by atoms with Gasteiger partial charge in [0.05, 0.1) is 12.5 Å². The summed E-state index contributed by atoms with van der Waals surface area (Å²) in [6, 6.07) is 28.7. The van der Waals surface area contributed by atoms with Crippen molar-refractivity contribution in [2.75, 3.05) is 11.4 Å². The van der Waals surface area contributed by atoms with Crippen molar-refractivity contribution in [3.63, 3.8) is 0 Å². The fourth-order valence-electron chi connectivity index (χ4n) is 3.32. The Kier molecular flexibility index (Phi) is 9.04. The Morgan fingerprint density at radius 2 is 1.58 bits per heavy atom. The van der Waals surface area contributed by atoms with E-state index in [0.717, 1.165) is 22.6 Å². The summed E-state index contributed by atoms with van der Waals surface area (Å²) in [5.41, 5.74) is 2.70. The highest BCUT2D eigenvalue weighted by molar-refractivity contribution is 5.95. The third-order valence-electron chi connectivity index (χ3n) is 5.01. The molecule has 6 heteroatoms. The number of nitrogens with zero attached hydrogens (tertiary/aromatic N) is 2. The van der Waals surface area contributed by atoms with Crippen molar-refractivity contribution in [2.45, 2.75) is 32.4 Å². The maximum atomic E-state index is 12.7. The van der Waals surface area contributed by atoms with Crippen LogP contribution < -0.4 is 15.0 Å². The molecule has 3 aromatic rings. The molecule has 1 N–H and O–H groups in total. The maximum Gasteiger partial charge on any atom is 0.227 e. The molecular weight excluding hydrogens is 414 g/mol. The highest BCUT2D eigenvalue weighted by atomic mass is 16.5. The summed E-state index contributed by atoms with van der Waals surface area (Å²) in [7, 11) is 0. The molecule has 33 heavy (non-hydrogen) atoms. The molecule has 0 aliphatic rings. The fraction of sp³-hybridized carbons (Fsp3) is 0.222. The van der Waals surface area contributed by atoms with E-state index < -0.39 is 0 Å². The number of ether oxygens (including phenoxy) is 1. The maximum absolute atomic E-state index is 12.7. The molecule has 0 heterocycles. The third kappa shape index (κ3) is 7.82. The Bertz CT molecular complexity index is 1080. The van der Waals surface area contributed by atoms with Crippen molar-refractivity contribution in [3.8, 4) is 11.8 Å². The number of anilines is 1. The average Bonchev–Trinajstić information content (AvgIpc) is 2.87. The van der Waals surface area contributed by atoms with Crippen molar-refractivity contribution in [1.82, 2.24) is 5.32 Å². The van der Waals surface area contributed by atoms with E-state index in [9.17, 15) is 9.59 Å². The monoisotopic (exact) mass is 441 g/mol. The first-order valence-electron chi connectivity index (χ1n) is 10.9. The summed E-state index contributed by atoms with van der Waals surface area (Å²) in [5.74, 6) is 0.439. The van der Waals surface area contributed by atoms with Crippen LogP contribution in [0, 0.1) is 11.3 Å². The number of rotatable bonds is 11. The van der Waals surface area contributed by atoms with Crippen LogP contribution >= 0.6 is 0 Å². The van der Waals surface area contributed by atoms with Gasteiger partial charge in [0.15, 0.2) is 0 Å². The smallest absolute Gasteiger partial charge is 0.227 e. The molecule has 3 rings (SSSR count). The van der Waals surface area contributed by atoms with Gasteiger partial charge in [0.2, 0.25) is 11.8 Å². The number of benzene rings is 3. The summed E-state index contributed by atoms with van der Waals surface area (Å²) in [6.45, 7) is 1.13. The molecule has 3 aromatic carbocycles. The number of amides is 2. The summed E-state index contributed by atoms with van der Waals surface area (Å²) in [5, 5.41) is 11.8. The van der Waals surface area contributed by atoms with E-state index in [0.29, 0.717) is 19.7 Å². The summed E-state index contributed by atoms with van der Waals surface area (Å²) < 4.78 is 5.77. The van der Waals surface area contributed by atoms with Crippen molar-refractivity contribution in [1.29, 1.82) is 5.26 Å². The van der Waals surface area contributed by atoms with Gasteiger partial charge in [0.25, 0.3) is 0 Å². The first kappa shape index (κ1) is 23.6. The SMILES string of the molecule is N#CCCN(C(=O)CCC(=O)NCc1cccc(COc2ccccc2)c1)c1ccccc1. The normalized spacial score (nSPS) is 10.2. The number of nitriles is 1. The van der Waals surface area contributed by atoms with Gasteiger partial charge in [-0.05, 0) is 35.4 Å². The van der Waals surface area contributed by atoms with Crippen LogP contribution in [-0.2, 0) is 22.7 Å². The molecule has 0 aliphatic carbocycles. The number of hydrogen-bond donors (Lipinski definition) is 1. The van der Waals surface area contributed by atoms with Crippen molar-refractivity contribution >= 4 is 17.5 Å².